The molecule has 184 valence electrons. The summed E-state index contributed by atoms with van der Waals surface area (Å²) in [6.07, 6.45) is 2.72. The number of hydrogen-bond acceptors (Lipinski definition) is 7. The Morgan fingerprint density at radius 1 is 1.18 bits per heavy atom. The second-order valence-electron chi connectivity index (χ2n) is 8.53. The summed E-state index contributed by atoms with van der Waals surface area (Å²) in [5.74, 6) is 1.41. The molecule has 34 heavy (non-hydrogen) atoms. The number of morpholine rings is 1. The van der Waals surface area contributed by atoms with Crippen LogP contribution in [0.1, 0.15) is 31.5 Å². The van der Waals surface area contributed by atoms with Crippen molar-refractivity contribution >= 4 is 27.6 Å². The van der Waals surface area contributed by atoms with Crippen LogP contribution in [0.25, 0.3) is 11.4 Å². The quantitative estimate of drug-likeness (QED) is 0.640. The number of anilines is 2. The molecule has 1 aromatic heterocycles. The van der Waals surface area contributed by atoms with Crippen molar-refractivity contribution in [2.24, 2.45) is 0 Å². The molecule has 4 rings (SSSR count). The Balaban J connectivity index is 1.72. The molecule has 1 atom stereocenters. The number of carbonyl (C=O) groups is 1. The molecule has 0 unspecified atom stereocenters. The summed E-state index contributed by atoms with van der Waals surface area (Å²) in [6.45, 7) is 7.17. The van der Waals surface area contributed by atoms with Gasteiger partial charge < -0.3 is 20.3 Å². The monoisotopic (exact) mass is 488 g/mol. The van der Waals surface area contributed by atoms with E-state index in [1.54, 1.807) is 12.1 Å². The van der Waals surface area contributed by atoms with Crippen LogP contribution in [0.15, 0.2) is 24.3 Å². The van der Waals surface area contributed by atoms with Gasteiger partial charge in [-0.2, -0.15) is 4.31 Å². The highest BCUT2D eigenvalue weighted by Crippen LogP contribution is 2.32. The number of carbonyl (C=O) groups excluding carboxylic acids is 1. The van der Waals surface area contributed by atoms with Crippen molar-refractivity contribution in [1.82, 2.24) is 19.6 Å². The zero-order valence-corrected chi connectivity index (χ0v) is 20.7. The predicted molar refractivity (Wildman–Crippen MR) is 131 cm³/mol. The maximum atomic E-state index is 12.2. The summed E-state index contributed by atoms with van der Waals surface area (Å²) in [6, 6.07) is 7.28. The van der Waals surface area contributed by atoms with Gasteiger partial charge in [0.2, 0.25) is 10.0 Å². The number of rotatable bonds is 6. The summed E-state index contributed by atoms with van der Waals surface area (Å²) >= 11 is 0. The normalized spacial score (nSPS) is 18.9. The molecule has 0 radical (unpaired) electrons. The highest BCUT2D eigenvalue weighted by Gasteiger charge is 2.32. The number of urea groups is 1. The van der Waals surface area contributed by atoms with E-state index in [1.165, 1.54) is 10.6 Å². The summed E-state index contributed by atoms with van der Waals surface area (Å²) in [5.41, 5.74) is 3.21. The maximum absolute atomic E-state index is 12.2. The van der Waals surface area contributed by atoms with Crippen molar-refractivity contribution in [1.29, 1.82) is 0 Å². The highest BCUT2D eigenvalue weighted by atomic mass is 32.2. The minimum Gasteiger partial charge on any atom is -0.377 e. The standard InChI is InChI=1S/C23H32N6O4S/c1-4-18-15-33-13-12-29(18)22-19-10-11-28(34(3,31)32)14-20(19)26-21(27-22)16-6-8-17(9-7-16)25-23(30)24-5-2/h6-9,18H,4-5,10-15H2,1-3H3,(H2,24,25,30)/t18-/m0/s1. The van der Waals surface area contributed by atoms with E-state index in [1.807, 2.05) is 19.1 Å². The predicted octanol–water partition coefficient (Wildman–Crippen LogP) is 2.22. The zero-order chi connectivity index (χ0) is 24.3. The number of ether oxygens (including phenoxy) is 1. The van der Waals surface area contributed by atoms with Crippen LogP contribution in [0, 0.1) is 0 Å². The fourth-order valence-corrected chi connectivity index (χ4v) is 5.13. The molecule has 2 N–H and O–H groups in total. The van der Waals surface area contributed by atoms with Crippen LogP contribution < -0.4 is 15.5 Å². The first-order valence-corrected chi connectivity index (χ1v) is 13.5. The number of hydrogen-bond donors (Lipinski definition) is 2. The lowest BCUT2D eigenvalue weighted by molar-refractivity contribution is 0.0924. The van der Waals surface area contributed by atoms with Gasteiger partial charge in [0, 0.05) is 36.4 Å². The molecule has 3 heterocycles. The average molecular weight is 489 g/mol. The van der Waals surface area contributed by atoms with Gasteiger partial charge in [0.1, 0.15) is 5.82 Å². The first kappa shape index (κ1) is 24.4. The second kappa shape index (κ2) is 10.2. The summed E-state index contributed by atoms with van der Waals surface area (Å²) in [7, 11) is -3.33. The first-order chi connectivity index (χ1) is 16.3. The minimum absolute atomic E-state index is 0.206. The third kappa shape index (κ3) is 5.31. The minimum atomic E-state index is -3.33. The van der Waals surface area contributed by atoms with E-state index < -0.39 is 10.0 Å². The van der Waals surface area contributed by atoms with Gasteiger partial charge in [-0.3, -0.25) is 0 Å². The SMILES string of the molecule is CCNC(=O)Nc1ccc(-c2nc3c(c(N4CCOC[C@@H]4CC)n2)CCN(S(C)(=O)=O)C3)cc1. The van der Waals surface area contributed by atoms with E-state index in [0.717, 1.165) is 35.6 Å². The van der Waals surface area contributed by atoms with E-state index >= 15 is 0 Å². The molecule has 0 bridgehead atoms. The van der Waals surface area contributed by atoms with Crippen LogP contribution in [0.2, 0.25) is 0 Å². The number of fused-ring (bicyclic) bond motifs is 1. The molecule has 2 aliphatic rings. The van der Waals surface area contributed by atoms with Crippen molar-refractivity contribution in [2.75, 3.05) is 49.3 Å². The molecule has 1 saturated heterocycles. The van der Waals surface area contributed by atoms with E-state index in [-0.39, 0.29) is 18.6 Å². The second-order valence-corrected chi connectivity index (χ2v) is 10.5. The number of aromatic nitrogens is 2. The zero-order valence-electron chi connectivity index (χ0n) is 19.9. The summed E-state index contributed by atoms with van der Waals surface area (Å²) in [4.78, 5) is 23.9. The Morgan fingerprint density at radius 3 is 2.62 bits per heavy atom. The van der Waals surface area contributed by atoms with Crippen molar-refractivity contribution in [3.8, 4) is 11.4 Å². The van der Waals surface area contributed by atoms with Gasteiger partial charge in [0.15, 0.2) is 5.82 Å². The summed E-state index contributed by atoms with van der Waals surface area (Å²) in [5, 5.41) is 5.48. The van der Waals surface area contributed by atoms with Crippen LogP contribution >= 0.6 is 0 Å². The Hall–Kier alpha value is -2.76. The Labute approximate surface area is 200 Å². The Kier molecular flexibility index (Phi) is 7.34. The lowest BCUT2D eigenvalue weighted by Gasteiger charge is -2.38. The van der Waals surface area contributed by atoms with Gasteiger partial charge in [-0.15, -0.1) is 0 Å². The van der Waals surface area contributed by atoms with Crippen LogP contribution in [-0.2, 0) is 27.7 Å². The fraction of sp³-hybridized carbons (Fsp3) is 0.522. The van der Waals surface area contributed by atoms with E-state index in [0.29, 0.717) is 44.2 Å². The lowest BCUT2D eigenvalue weighted by Crippen LogP contribution is -2.47. The molecule has 0 saturated carbocycles. The molecular formula is C23H32N6O4S. The maximum Gasteiger partial charge on any atom is 0.319 e. The molecule has 1 aromatic carbocycles. The third-order valence-electron chi connectivity index (χ3n) is 6.19. The summed E-state index contributed by atoms with van der Waals surface area (Å²) < 4.78 is 31.6. The van der Waals surface area contributed by atoms with Crippen molar-refractivity contribution < 1.29 is 17.9 Å². The number of sulfonamides is 1. The van der Waals surface area contributed by atoms with Crippen LogP contribution in [0.3, 0.4) is 0 Å². The van der Waals surface area contributed by atoms with Crippen LogP contribution in [-0.4, -0.2) is 73.9 Å². The molecule has 11 heteroatoms. The molecular weight excluding hydrogens is 456 g/mol. The van der Waals surface area contributed by atoms with Crippen LogP contribution in [0.5, 0.6) is 0 Å². The third-order valence-corrected chi connectivity index (χ3v) is 7.44. The van der Waals surface area contributed by atoms with Crippen molar-refractivity contribution in [3.05, 3.63) is 35.5 Å². The topological polar surface area (TPSA) is 117 Å². The molecule has 2 aliphatic heterocycles. The van der Waals surface area contributed by atoms with Gasteiger partial charge in [0.05, 0.1) is 37.8 Å². The smallest absolute Gasteiger partial charge is 0.319 e. The fourth-order valence-electron chi connectivity index (χ4n) is 4.35. The number of amides is 2. The molecule has 1 fully saturated rings. The van der Waals surface area contributed by atoms with Crippen molar-refractivity contribution in [2.45, 2.75) is 39.3 Å². The van der Waals surface area contributed by atoms with Crippen LogP contribution in [0.4, 0.5) is 16.3 Å². The first-order valence-electron chi connectivity index (χ1n) is 11.6. The van der Waals surface area contributed by atoms with E-state index in [2.05, 4.69) is 22.5 Å². The molecule has 2 aromatic rings. The molecule has 0 spiro atoms. The Bertz CT molecular complexity index is 1140. The highest BCUT2D eigenvalue weighted by molar-refractivity contribution is 7.88. The molecule has 2 amide bonds. The number of benzene rings is 1. The molecule has 10 nitrogen and oxygen atoms in total. The van der Waals surface area contributed by atoms with Gasteiger partial charge in [-0.25, -0.2) is 23.2 Å². The van der Waals surface area contributed by atoms with Gasteiger partial charge in [0.25, 0.3) is 0 Å². The van der Waals surface area contributed by atoms with E-state index in [9.17, 15) is 13.2 Å². The van der Waals surface area contributed by atoms with Gasteiger partial charge in [-0.05, 0) is 44.0 Å². The van der Waals surface area contributed by atoms with Gasteiger partial charge >= 0.3 is 6.03 Å². The number of nitrogens with one attached hydrogen (secondary N) is 2. The molecule has 0 aliphatic carbocycles. The van der Waals surface area contributed by atoms with E-state index in [4.69, 9.17) is 14.7 Å². The lowest BCUT2D eigenvalue weighted by atomic mass is 10.0. The number of nitrogens with zero attached hydrogens (tertiary/aromatic N) is 4. The Morgan fingerprint density at radius 2 is 1.94 bits per heavy atom. The largest absolute Gasteiger partial charge is 0.377 e. The average Bonchev–Trinajstić information content (AvgIpc) is 2.83. The van der Waals surface area contributed by atoms with Crippen molar-refractivity contribution in [3.63, 3.8) is 0 Å². The van der Waals surface area contributed by atoms with Gasteiger partial charge in [-0.1, -0.05) is 6.92 Å².